The molecule has 2 unspecified atom stereocenters. The molecule has 2 fully saturated rings. The van der Waals surface area contributed by atoms with Gasteiger partial charge in [0.05, 0.1) is 5.92 Å². The molecule has 0 aliphatic carbocycles. The SMILES string of the molecule is CCc1nccn1CC(=O)N1CCC(C2NNCC2C(=O)N2CCc3ccccc3C2)CC1. The number of hydrazine groups is 1. The molecule has 2 N–H and O–H groups in total. The van der Waals surface area contributed by atoms with Crippen LogP contribution < -0.4 is 10.9 Å². The topological polar surface area (TPSA) is 82.5 Å². The fourth-order valence-electron chi connectivity index (χ4n) is 5.67. The van der Waals surface area contributed by atoms with E-state index < -0.39 is 0 Å². The van der Waals surface area contributed by atoms with Gasteiger partial charge >= 0.3 is 0 Å². The molecular weight excluding hydrogens is 416 g/mol. The van der Waals surface area contributed by atoms with Crippen LogP contribution >= 0.6 is 0 Å². The lowest BCUT2D eigenvalue weighted by Crippen LogP contribution is -2.50. The molecule has 3 aliphatic heterocycles. The summed E-state index contributed by atoms with van der Waals surface area (Å²) in [6.45, 7) is 6.07. The molecule has 8 nitrogen and oxygen atoms in total. The van der Waals surface area contributed by atoms with Gasteiger partial charge in [-0.05, 0) is 36.3 Å². The Morgan fingerprint density at radius 1 is 1.09 bits per heavy atom. The average molecular weight is 451 g/mol. The monoisotopic (exact) mass is 450 g/mol. The van der Waals surface area contributed by atoms with Crippen LogP contribution in [0, 0.1) is 11.8 Å². The van der Waals surface area contributed by atoms with Crippen LogP contribution in [0.3, 0.4) is 0 Å². The van der Waals surface area contributed by atoms with Gasteiger partial charge in [0.1, 0.15) is 12.4 Å². The van der Waals surface area contributed by atoms with E-state index in [-0.39, 0.29) is 23.8 Å². The lowest BCUT2D eigenvalue weighted by Gasteiger charge is -2.38. The average Bonchev–Trinajstić information content (AvgIpc) is 3.53. The summed E-state index contributed by atoms with van der Waals surface area (Å²) in [4.78, 5) is 34.6. The zero-order chi connectivity index (χ0) is 22.8. The fraction of sp³-hybridized carbons (Fsp3) is 0.560. The molecule has 5 rings (SSSR count). The summed E-state index contributed by atoms with van der Waals surface area (Å²) in [5, 5.41) is 0. The van der Waals surface area contributed by atoms with E-state index in [9.17, 15) is 9.59 Å². The summed E-state index contributed by atoms with van der Waals surface area (Å²) >= 11 is 0. The van der Waals surface area contributed by atoms with Crippen LogP contribution in [0.5, 0.6) is 0 Å². The number of aromatic nitrogens is 2. The first-order valence-corrected chi connectivity index (χ1v) is 12.3. The van der Waals surface area contributed by atoms with Crippen molar-refractivity contribution in [2.24, 2.45) is 11.8 Å². The van der Waals surface area contributed by atoms with Crippen molar-refractivity contribution in [2.45, 2.75) is 51.7 Å². The molecule has 33 heavy (non-hydrogen) atoms. The summed E-state index contributed by atoms with van der Waals surface area (Å²) in [6, 6.07) is 8.55. The molecule has 0 saturated carbocycles. The molecule has 0 bridgehead atoms. The standard InChI is InChI=1S/C25H34N6O2/c1-2-22-26-10-14-30(22)17-23(32)29-11-8-19(9-12-29)24-21(15-27-28-24)25(33)31-13-7-18-5-3-4-6-20(18)16-31/h3-6,10,14,19,21,24,27-28H,2,7-9,11-13,15-17H2,1H3. The number of hydrogen-bond acceptors (Lipinski definition) is 5. The Labute approximate surface area is 195 Å². The van der Waals surface area contributed by atoms with E-state index >= 15 is 0 Å². The summed E-state index contributed by atoms with van der Waals surface area (Å²) in [7, 11) is 0. The van der Waals surface area contributed by atoms with E-state index in [2.05, 4.69) is 47.0 Å². The number of likely N-dealkylation sites (tertiary alicyclic amines) is 1. The molecule has 3 aliphatic rings. The van der Waals surface area contributed by atoms with Crippen LogP contribution in [-0.4, -0.2) is 63.4 Å². The van der Waals surface area contributed by atoms with Crippen molar-refractivity contribution in [3.8, 4) is 0 Å². The van der Waals surface area contributed by atoms with Crippen molar-refractivity contribution >= 4 is 11.8 Å². The van der Waals surface area contributed by atoms with E-state index in [0.29, 0.717) is 25.6 Å². The highest BCUT2D eigenvalue weighted by molar-refractivity contribution is 5.80. The summed E-state index contributed by atoms with van der Waals surface area (Å²) < 4.78 is 1.95. The summed E-state index contributed by atoms with van der Waals surface area (Å²) in [5.41, 5.74) is 9.27. The molecule has 4 heterocycles. The molecule has 2 amide bonds. The lowest BCUT2D eigenvalue weighted by atomic mass is 9.82. The molecule has 8 heteroatoms. The third kappa shape index (κ3) is 4.54. The van der Waals surface area contributed by atoms with Gasteiger partial charge in [0.15, 0.2) is 0 Å². The predicted molar refractivity (Wildman–Crippen MR) is 125 cm³/mol. The van der Waals surface area contributed by atoms with Crippen LogP contribution in [-0.2, 0) is 35.5 Å². The summed E-state index contributed by atoms with van der Waals surface area (Å²) in [6.07, 6.45) is 7.23. The molecule has 1 aromatic carbocycles. The Morgan fingerprint density at radius 3 is 2.67 bits per heavy atom. The van der Waals surface area contributed by atoms with Gasteiger partial charge in [0.25, 0.3) is 0 Å². The number of fused-ring (bicyclic) bond motifs is 1. The third-order valence-electron chi connectivity index (χ3n) is 7.61. The largest absolute Gasteiger partial charge is 0.341 e. The van der Waals surface area contributed by atoms with Crippen molar-refractivity contribution in [3.63, 3.8) is 0 Å². The number of imidazole rings is 1. The number of hydrogen-bond donors (Lipinski definition) is 2. The van der Waals surface area contributed by atoms with Crippen molar-refractivity contribution in [3.05, 3.63) is 53.6 Å². The predicted octanol–water partition coefficient (Wildman–Crippen LogP) is 1.36. The highest BCUT2D eigenvalue weighted by Gasteiger charge is 2.41. The zero-order valence-corrected chi connectivity index (χ0v) is 19.4. The molecule has 1 aromatic heterocycles. The molecule has 2 aromatic rings. The Morgan fingerprint density at radius 2 is 1.88 bits per heavy atom. The van der Waals surface area contributed by atoms with Gasteiger partial charge in [-0.2, -0.15) is 0 Å². The van der Waals surface area contributed by atoms with Crippen LogP contribution in [0.4, 0.5) is 0 Å². The fourth-order valence-corrected chi connectivity index (χ4v) is 5.67. The number of rotatable bonds is 5. The maximum Gasteiger partial charge on any atom is 0.242 e. The first-order valence-electron chi connectivity index (χ1n) is 12.3. The molecule has 0 spiro atoms. The number of benzene rings is 1. The second-order valence-corrected chi connectivity index (χ2v) is 9.48. The van der Waals surface area contributed by atoms with Crippen molar-refractivity contribution in [2.75, 3.05) is 26.2 Å². The molecule has 2 atom stereocenters. The van der Waals surface area contributed by atoms with Gasteiger partial charge < -0.3 is 14.4 Å². The normalized spacial score (nSPS) is 23.5. The first-order chi connectivity index (χ1) is 16.1. The lowest BCUT2D eigenvalue weighted by molar-refractivity contribution is -0.138. The van der Waals surface area contributed by atoms with E-state index in [4.69, 9.17) is 0 Å². The van der Waals surface area contributed by atoms with Gasteiger partial charge in [-0.3, -0.25) is 20.4 Å². The van der Waals surface area contributed by atoms with Crippen molar-refractivity contribution in [1.29, 1.82) is 0 Å². The Hall–Kier alpha value is -2.71. The second kappa shape index (κ2) is 9.65. The number of nitrogens with zero attached hydrogens (tertiary/aromatic N) is 4. The first kappa shape index (κ1) is 22.1. The second-order valence-electron chi connectivity index (χ2n) is 9.48. The Balaban J connectivity index is 1.17. The number of nitrogens with one attached hydrogen (secondary N) is 2. The summed E-state index contributed by atoms with van der Waals surface area (Å²) in [5.74, 6) is 1.67. The van der Waals surface area contributed by atoms with Gasteiger partial charge in [-0.15, -0.1) is 0 Å². The molecule has 2 saturated heterocycles. The van der Waals surface area contributed by atoms with Crippen LogP contribution in [0.2, 0.25) is 0 Å². The minimum atomic E-state index is -0.0550. The third-order valence-corrected chi connectivity index (χ3v) is 7.61. The minimum Gasteiger partial charge on any atom is -0.341 e. The number of carbonyl (C=O) groups excluding carboxylic acids is 2. The number of aryl methyl sites for hydroxylation is 1. The van der Waals surface area contributed by atoms with Crippen LogP contribution in [0.1, 0.15) is 36.7 Å². The van der Waals surface area contributed by atoms with E-state index in [1.807, 2.05) is 20.6 Å². The van der Waals surface area contributed by atoms with Gasteiger partial charge in [0, 0.05) is 57.6 Å². The molecule has 0 radical (unpaired) electrons. The quantitative estimate of drug-likeness (QED) is 0.719. The van der Waals surface area contributed by atoms with Gasteiger partial charge in [0.2, 0.25) is 11.8 Å². The zero-order valence-electron chi connectivity index (χ0n) is 19.4. The maximum absolute atomic E-state index is 13.4. The van der Waals surface area contributed by atoms with Crippen molar-refractivity contribution < 1.29 is 9.59 Å². The molecular formula is C25H34N6O2. The van der Waals surface area contributed by atoms with Crippen LogP contribution in [0.15, 0.2) is 36.7 Å². The molecule has 176 valence electrons. The number of carbonyl (C=O) groups is 2. The smallest absolute Gasteiger partial charge is 0.242 e. The maximum atomic E-state index is 13.4. The van der Waals surface area contributed by atoms with Crippen molar-refractivity contribution in [1.82, 2.24) is 30.2 Å². The minimum absolute atomic E-state index is 0.0550. The highest BCUT2D eigenvalue weighted by atomic mass is 16.2. The Kier molecular flexibility index (Phi) is 6.46. The van der Waals surface area contributed by atoms with E-state index in [1.54, 1.807) is 6.20 Å². The Bertz CT molecular complexity index is 996. The van der Waals surface area contributed by atoms with Gasteiger partial charge in [-0.1, -0.05) is 31.2 Å². The van der Waals surface area contributed by atoms with E-state index in [0.717, 1.165) is 51.1 Å². The van der Waals surface area contributed by atoms with Crippen LogP contribution in [0.25, 0.3) is 0 Å². The van der Waals surface area contributed by atoms with Gasteiger partial charge in [-0.25, -0.2) is 4.98 Å². The number of amides is 2. The highest BCUT2D eigenvalue weighted by Crippen LogP contribution is 2.29. The van der Waals surface area contributed by atoms with E-state index in [1.165, 1.54) is 11.1 Å². The number of piperidine rings is 1.